The number of anilines is 1. The molecule has 1 aromatic carbocycles. The fourth-order valence-corrected chi connectivity index (χ4v) is 2.73. The fourth-order valence-electron chi connectivity index (χ4n) is 1.77. The molecule has 0 atom stereocenters. The number of hydrogen-bond donors (Lipinski definition) is 3. The summed E-state index contributed by atoms with van der Waals surface area (Å²) in [6, 6.07) is 8.01. The number of carbonyl (C=O) groups is 2. The first-order valence-corrected chi connectivity index (χ1v) is 7.42. The summed E-state index contributed by atoms with van der Waals surface area (Å²) in [5, 5.41) is 16.3. The zero-order valence-electron chi connectivity index (χ0n) is 10.9. The van der Waals surface area contributed by atoms with E-state index in [0.717, 1.165) is 6.42 Å². The zero-order chi connectivity index (χ0) is 15.2. The number of urea groups is 1. The van der Waals surface area contributed by atoms with Gasteiger partial charge in [0.1, 0.15) is 5.56 Å². The van der Waals surface area contributed by atoms with Crippen molar-refractivity contribution in [1.29, 1.82) is 0 Å². The Morgan fingerprint density at radius 1 is 1.24 bits per heavy atom. The Bertz CT molecular complexity index is 644. The maximum atomic E-state index is 11.8. The van der Waals surface area contributed by atoms with Crippen molar-refractivity contribution in [2.45, 2.75) is 6.42 Å². The van der Waals surface area contributed by atoms with Gasteiger partial charge in [0.2, 0.25) is 0 Å². The molecule has 1 heterocycles. The predicted octanol–water partition coefficient (Wildman–Crippen LogP) is 3.46. The molecular weight excluding hydrogens is 312 g/mol. The smallest absolute Gasteiger partial charge is 0.339 e. The zero-order valence-corrected chi connectivity index (χ0v) is 12.5. The van der Waals surface area contributed by atoms with Gasteiger partial charge in [-0.3, -0.25) is 0 Å². The van der Waals surface area contributed by atoms with E-state index in [9.17, 15) is 9.59 Å². The summed E-state index contributed by atoms with van der Waals surface area (Å²) < 4.78 is 0. The molecule has 0 unspecified atom stereocenters. The maximum absolute atomic E-state index is 11.8. The highest BCUT2D eigenvalue weighted by Gasteiger charge is 2.15. The summed E-state index contributed by atoms with van der Waals surface area (Å²) >= 11 is 7.45. The van der Waals surface area contributed by atoms with Crippen LogP contribution in [0.15, 0.2) is 35.7 Å². The first-order valence-electron chi connectivity index (χ1n) is 6.17. The highest BCUT2D eigenvalue weighted by molar-refractivity contribution is 7.09. The van der Waals surface area contributed by atoms with Crippen LogP contribution in [0.25, 0.3) is 0 Å². The number of carbonyl (C=O) groups excluding carboxylic acids is 1. The molecule has 0 radical (unpaired) electrons. The van der Waals surface area contributed by atoms with E-state index >= 15 is 0 Å². The molecule has 21 heavy (non-hydrogen) atoms. The van der Waals surface area contributed by atoms with Crippen LogP contribution >= 0.6 is 22.9 Å². The van der Waals surface area contributed by atoms with Crippen molar-refractivity contribution in [2.24, 2.45) is 0 Å². The average Bonchev–Trinajstić information content (AvgIpc) is 2.91. The highest BCUT2D eigenvalue weighted by Crippen LogP contribution is 2.24. The maximum Gasteiger partial charge on any atom is 0.339 e. The Kier molecular flexibility index (Phi) is 5.19. The van der Waals surface area contributed by atoms with Crippen LogP contribution in [0.5, 0.6) is 0 Å². The molecule has 0 saturated heterocycles. The second kappa shape index (κ2) is 7.10. The molecule has 2 amide bonds. The molecule has 0 fully saturated rings. The molecule has 0 aliphatic heterocycles. The van der Waals surface area contributed by atoms with Crippen molar-refractivity contribution < 1.29 is 14.7 Å². The number of amides is 2. The van der Waals surface area contributed by atoms with E-state index in [1.54, 1.807) is 17.4 Å². The van der Waals surface area contributed by atoms with E-state index in [1.807, 2.05) is 17.5 Å². The minimum absolute atomic E-state index is 0.0823. The third kappa shape index (κ3) is 4.21. The monoisotopic (exact) mass is 324 g/mol. The van der Waals surface area contributed by atoms with Gasteiger partial charge in [0.25, 0.3) is 0 Å². The summed E-state index contributed by atoms with van der Waals surface area (Å²) in [4.78, 5) is 24.1. The van der Waals surface area contributed by atoms with Crippen molar-refractivity contribution in [3.63, 3.8) is 0 Å². The van der Waals surface area contributed by atoms with E-state index in [2.05, 4.69) is 10.6 Å². The summed E-state index contributed by atoms with van der Waals surface area (Å²) in [7, 11) is 0. The van der Waals surface area contributed by atoms with Gasteiger partial charge in [-0.05, 0) is 30.0 Å². The SMILES string of the molecule is O=C(NCCc1cccs1)Nc1cccc(Cl)c1C(=O)O. The molecule has 5 nitrogen and oxygen atoms in total. The predicted molar refractivity (Wildman–Crippen MR) is 83.5 cm³/mol. The lowest BCUT2D eigenvalue weighted by atomic mass is 10.2. The van der Waals surface area contributed by atoms with Gasteiger partial charge in [-0.1, -0.05) is 23.7 Å². The standard InChI is InChI=1S/C14H13ClN2O3S/c15-10-4-1-5-11(12(10)13(18)19)17-14(20)16-7-6-9-3-2-8-21-9/h1-5,8H,6-7H2,(H,18,19)(H2,16,17,20). The number of thiophene rings is 1. The minimum Gasteiger partial charge on any atom is -0.478 e. The van der Waals surface area contributed by atoms with Gasteiger partial charge in [0.15, 0.2) is 0 Å². The number of carboxylic acids is 1. The summed E-state index contributed by atoms with van der Waals surface area (Å²) in [6.45, 7) is 0.468. The van der Waals surface area contributed by atoms with Crippen molar-refractivity contribution in [3.05, 3.63) is 51.2 Å². The van der Waals surface area contributed by atoms with Crippen LogP contribution in [0.2, 0.25) is 5.02 Å². The number of hydrogen-bond acceptors (Lipinski definition) is 3. The van der Waals surface area contributed by atoms with Crippen molar-refractivity contribution in [2.75, 3.05) is 11.9 Å². The van der Waals surface area contributed by atoms with E-state index in [1.165, 1.54) is 17.0 Å². The molecule has 110 valence electrons. The number of aromatic carboxylic acids is 1. The van der Waals surface area contributed by atoms with E-state index in [0.29, 0.717) is 6.54 Å². The first kappa shape index (κ1) is 15.3. The number of nitrogens with one attached hydrogen (secondary N) is 2. The van der Waals surface area contributed by atoms with Crippen LogP contribution in [-0.4, -0.2) is 23.7 Å². The number of rotatable bonds is 5. The second-order valence-electron chi connectivity index (χ2n) is 4.18. The van der Waals surface area contributed by atoms with E-state index in [-0.39, 0.29) is 16.3 Å². The molecule has 2 rings (SSSR count). The van der Waals surface area contributed by atoms with Crippen LogP contribution in [0.1, 0.15) is 15.2 Å². The third-order valence-corrected chi connectivity index (χ3v) is 3.96. The van der Waals surface area contributed by atoms with Gasteiger partial charge in [0, 0.05) is 11.4 Å². The second-order valence-corrected chi connectivity index (χ2v) is 5.62. The van der Waals surface area contributed by atoms with Crippen LogP contribution in [0, 0.1) is 0 Å². The van der Waals surface area contributed by atoms with Crippen molar-refractivity contribution >= 4 is 40.6 Å². The Morgan fingerprint density at radius 2 is 2.05 bits per heavy atom. The summed E-state index contributed by atoms with van der Waals surface area (Å²) in [5.41, 5.74) is 0.0520. The molecular formula is C14H13ClN2O3S. The summed E-state index contributed by atoms with van der Waals surface area (Å²) in [6.07, 6.45) is 0.729. The lowest BCUT2D eigenvalue weighted by molar-refractivity contribution is 0.0698. The van der Waals surface area contributed by atoms with Crippen LogP contribution in [0.4, 0.5) is 10.5 Å². The van der Waals surface area contributed by atoms with Gasteiger partial charge >= 0.3 is 12.0 Å². The van der Waals surface area contributed by atoms with Gasteiger partial charge < -0.3 is 15.7 Å². The Labute approximate surface area is 130 Å². The van der Waals surface area contributed by atoms with E-state index in [4.69, 9.17) is 16.7 Å². The number of benzene rings is 1. The first-order chi connectivity index (χ1) is 10.1. The minimum atomic E-state index is -1.19. The van der Waals surface area contributed by atoms with E-state index < -0.39 is 12.0 Å². The van der Waals surface area contributed by atoms with Gasteiger partial charge in [-0.25, -0.2) is 9.59 Å². The normalized spacial score (nSPS) is 10.1. The lowest BCUT2D eigenvalue weighted by Crippen LogP contribution is -2.31. The Morgan fingerprint density at radius 3 is 2.71 bits per heavy atom. The number of carboxylic acid groups (broad SMARTS) is 1. The highest BCUT2D eigenvalue weighted by atomic mass is 35.5. The Balaban J connectivity index is 1.93. The quantitative estimate of drug-likeness (QED) is 0.788. The molecule has 1 aromatic heterocycles. The summed E-state index contributed by atoms with van der Waals surface area (Å²) in [5.74, 6) is -1.19. The molecule has 0 bridgehead atoms. The Hall–Kier alpha value is -2.05. The third-order valence-electron chi connectivity index (χ3n) is 2.71. The molecule has 7 heteroatoms. The van der Waals surface area contributed by atoms with Gasteiger partial charge in [-0.2, -0.15) is 0 Å². The topological polar surface area (TPSA) is 78.4 Å². The molecule has 0 aliphatic carbocycles. The molecule has 0 saturated carbocycles. The molecule has 3 N–H and O–H groups in total. The molecule has 2 aromatic rings. The van der Waals surface area contributed by atoms with Crippen LogP contribution < -0.4 is 10.6 Å². The van der Waals surface area contributed by atoms with Crippen molar-refractivity contribution in [1.82, 2.24) is 5.32 Å². The average molecular weight is 325 g/mol. The van der Waals surface area contributed by atoms with Crippen molar-refractivity contribution in [3.8, 4) is 0 Å². The van der Waals surface area contributed by atoms with Crippen LogP contribution in [0.3, 0.4) is 0 Å². The molecule has 0 aliphatic rings. The van der Waals surface area contributed by atoms with Crippen LogP contribution in [-0.2, 0) is 6.42 Å². The molecule has 0 spiro atoms. The van der Waals surface area contributed by atoms with Gasteiger partial charge in [-0.15, -0.1) is 11.3 Å². The fraction of sp³-hybridized carbons (Fsp3) is 0.143. The number of halogens is 1. The lowest BCUT2D eigenvalue weighted by Gasteiger charge is -2.10. The van der Waals surface area contributed by atoms with Gasteiger partial charge in [0.05, 0.1) is 10.7 Å². The largest absolute Gasteiger partial charge is 0.478 e.